The maximum atomic E-state index is 11.2. The van der Waals surface area contributed by atoms with Gasteiger partial charge in [0.25, 0.3) is 0 Å². The van der Waals surface area contributed by atoms with Crippen molar-refractivity contribution in [2.24, 2.45) is 0 Å². The number of thiophene rings is 1. The summed E-state index contributed by atoms with van der Waals surface area (Å²) in [6.45, 7) is 0.998. The van der Waals surface area contributed by atoms with E-state index in [0.717, 1.165) is 9.21 Å². The Morgan fingerprint density at radius 1 is 1.67 bits per heavy atom. The van der Waals surface area contributed by atoms with Crippen molar-refractivity contribution in [1.82, 2.24) is 4.90 Å². The molecule has 0 aromatic carbocycles. The van der Waals surface area contributed by atoms with Crippen LogP contribution >= 0.6 is 22.9 Å². The minimum absolute atomic E-state index is 0.0183. The number of carbonyl (C=O) groups excluding carboxylic acids is 1. The molecule has 5 heteroatoms. The van der Waals surface area contributed by atoms with Crippen LogP contribution in [0.1, 0.15) is 11.3 Å². The van der Waals surface area contributed by atoms with Crippen LogP contribution in [0.25, 0.3) is 0 Å². The molecule has 0 spiro atoms. The van der Waals surface area contributed by atoms with Gasteiger partial charge in [0.15, 0.2) is 5.78 Å². The highest BCUT2D eigenvalue weighted by molar-refractivity contribution is 7.16. The van der Waals surface area contributed by atoms with E-state index in [4.69, 9.17) is 16.9 Å². The lowest BCUT2D eigenvalue weighted by Crippen LogP contribution is -2.24. The van der Waals surface area contributed by atoms with Gasteiger partial charge < -0.3 is 0 Å². The van der Waals surface area contributed by atoms with Crippen molar-refractivity contribution < 1.29 is 4.79 Å². The SMILES string of the molecule is CN(CC(=O)CC#N)Cc1ccc(Cl)s1. The van der Waals surface area contributed by atoms with Crippen LogP contribution in [0.3, 0.4) is 0 Å². The Balaban J connectivity index is 2.40. The molecule has 1 aromatic heterocycles. The molecule has 0 saturated heterocycles. The number of nitriles is 1. The second-order valence-electron chi connectivity index (χ2n) is 3.25. The highest BCUT2D eigenvalue weighted by Crippen LogP contribution is 2.22. The molecule has 1 aromatic rings. The van der Waals surface area contributed by atoms with E-state index in [9.17, 15) is 4.79 Å². The predicted molar refractivity (Wildman–Crippen MR) is 60.9 cm³/mol. The highest BCUT2D eigenvalue weighted by Gasteiger charge is 2.07. The van der Waals surface area contributed by atoms with Crippen molar-refractivity contribution in [2.75, 3.05) is 13.6 Å². The smallest absolute Gasteiger partial charge is 0.160 e. The number of hydrogen-bond acceptors (Lipinski definition) is 4. The number of hydrogen-bond donors (Lipinski definition) is 0. The normalized spacial score (nSPS) is 10.3. The van der Waals surface area contributed by atoms with Gasteiger partial charge in [0.05, 0.1) is 23.4 Å². The van der Waals surface area contributed by atoms with Gasteiger partial charge in [-0.05, 0) is 19.2 Å². The molecule has 1 heterocycles. The van der Waals surface area contributed by atoms with Crippen LogP contribution in [-0.4, -0.2) is 24.3 Å². The molecule has 0 aliphatic rings. The minimum Gasteiger partial charge on any atom is -0.297 e. The molecule has 0 fully saturated rings. The van der Waals surface area contributed by atoms with Gasteiger partial charge in [-0.1, -0.05) is 11.6 Å². The van der Waals surface area contributed by atoms with Crippen molar-refractivity contribution in [2.45, 2.75) is 13.0 Å². The van der Waals surface area contributed by atoms with Gasteiger partial charge in [-0.2, -0.15) is 5.26 Å². The zero-order chi connectivity index (χ0) is 11.3. The van der Waals surface area contributed by atoms with E-state index in [1.165, 1.54) is 11.3 Å². The molecule has 0 atom stereocenters. The monoisotopic (exact) mass is 242 g/mol. The standard InChI is InChI=1S/C10H11ClN2OS/c1-13(6-8(14)4-5-12)7-9-2-3-10(11)15-9/h2-3H,4,6-7H2,1H3. The highest BCUT2D eigenvalue weighted by atomic mass is 35.5. The average Bonchev–Trinajstić information content (AvgIpc) is 2.51. The fraction of sp³-hybridized carbons (Fsp3) is 0.400. The number of nitrogens with zero attached hydrogens (tertiary/aromatic N) is 2. The molecular formula is C10H11ClN2OS. The summed E-state index contributed by atoms with van der Waals surface area (Å²) in [6, 6.07) is 5.63. The van der Waals surface area contributed by atoms with Gasteiger partial charge in [0, 0.05) is 11.4 Å². The molecule has 0 saturated carbocycles. The van der Waals surface area contributed by atoms with Crippen LogP contribution in [0, 0.1) is 11.3 Å². The molecule has 80 valence electrons. The Hall–Kier alpha value is -0.890. The lowest BCUT2D eigenvalue weighted by molar-refractivity contribution is -0.119. The van der Waals surface area contributed by atoms with Gasteiger partial charge in [-0.25, -0.2) is 0 Å². The maximum Gasteiger partial charge on any atom is 0.160 e. The summed E-state index contributed by atoms with van der Waals surface area (Å²) >= 11 is 7.29. The van der Waals surface area contributed by atoms with Crippen molar-refractivity contribution in [1.29, 1.82) is 5.26 Å². The molecule has 0 N–H and O–H groups in total. The summed E-state index contributed by atoms with van der Waals surface area (Å²) in [4.78, 5) is 14.2. The van der Waals surface area contributed by atoms with E-state index >= 15 is 0 Å². The largest absolute Gasteiger partial charge is 0.297 e. The Morgan fingerprint density at radius 2 is 2.40 bits per heavy atom. The number of likely N-dealkylation sites (N-methyl/N-ethyl adjacent to an activating group) is 1. The zero-order valence-electron chi connectivity index (χ0n) is 8.36. The molecule has 0 unspecified atom stereocenters. The fourth-order valence-corrected chi connectivity index (χ4v) is 2.37. The molecular weight excluding hydrogens is 232 g/mol. The van der Waals surface area contributed by atoms with Gasteiger partial charge >= 0.3 is 0 Å². The van der Waals surface area contributed by atoms with E-state index in [1.807, 2.05) is 30.1 Å². The van der Waals surface area contributed by atoms with Gasteiger partial charge in [0.1, 0.15) is 0 Å². The molecule has 0 radical (unpaired) electrons. The summed E-state index contributed by atoms with van der Waals surface area (Å²) in [5.74, 6) is -0.0531. The second kappa shape index (κ2) is 5.86. The Bertz CT molecular complexity index is 383. The first-order valence-corrected chi connectivity index (χ1v) is 5.62. The minimum atomic E-state index is -0.0531. The molecule has 0 bridgehead atoms. The molecule has 0 amide bonds. The van der Waals surface area contributed by atoms with E-state index in [2.05, 4.69) is 0 Å². The van der Waals surface area contributed by atoms with Crippen LogP contribution < -0.4 is 0 Å². The Labute approximate surface area is 97.9 Å². The third kappa shape index (κ3) is 4.43. The lowest BCUT2D eigenvalue weighted by Gasteiger charge is -2.13. The zero-order valence-corrected chi connectivity index (χ0v) is 9.94. The Morgan fingerprint density at radius 3 is 2.93 bits per heavy atom. The average molecular weight is 243 g/mol. The van der Waals surface area contributed by atoms with Crippen molar-refractivity contribution in [3.05, 3.63) is 21.3 Å². The quantitative estimate of drug-likeness (QED) is 0.796. The number of carbonyl (C=O) groups is 1. The molecule has 0 aliphatic heterocycles. The van der Waals surface area contributed by atoms with Crippen LogP contribution in [0.15, 0.2) is 12.1 Å². The van der Waals surface area contributed by atoms with E-state index in [0.29, 0.717) is 13.1 Å². The first kappa shape index (κ1) is 12.2. The van der Waals surface area contributed by atoms with Crippen LogP contribution in [-0.2, 0) is 11.3 Å². The third-order valence-corrected chi connectivity index (χ3v) is 2.99. The number of Topliss-reactive ketones (excluding diaryl/α,β-unsaturated/α-hetero) is 1. The maximum absolute atomic E-state index is 11.2. The van der Waals surface area contributed by atoms with E-state index < -0.39 is 0 Å². The van der Waals surface area contributed by atoms with Crippen molar-refractivity contribution in [3.8, 4) is 6.07 Å². The van der Waals surface area contributed by atoms with Crippen molar-refractivity contribution in [3.63, 3.8) is 0 Å². The van der Waals surface area contributed by atoms with E-state index in [1.54, 1.807) is 0 Å². The predicted octanol–water partition coefficient (Wildman–Crippen LogP) is 2.32. The third-order valence-electron chi connectivity index (χ3n) is 1.78. The van der Waals surface area contributed by atoms with Crippen molar-refractivity contribution >= 4 is 28.7 Å². The van der Waals surface area contributed by atoms with E-state index in [-0.39, 0.29) is 12.2 Å². The number of rotatable bonds is 5. The fourth-order valence-electron chi connectivity index (χ4n) is 1.20. The summed E-state index contributed by atoms with van der Waals surface area (Å²) in [5, 5.41) is 8.34. The van der Waals surface area contributed by atoms with Crippen LogP contribution in [0.4, 0.5) is 0 Å². The van der Waals surface area contributed by atoms with Gasteiger partial charge in [-0.15, -0.1) is 11.3 Å². The molecule has 3 nitrogen and oxygen atoms in total. The second-order valence-corrected chi connectivity index (χ2v) is 5.05. The summed E-state index contributed by atoms with van der Waals surface area (Å²) in [7, 11) is 1.85. The summed E-state index contributed by atoms with van der Waals surface area (Å²) < 4.78 is 0.752. The topological polar surface area (TPSA) is 44.1 Å². The Kier molecular flexibility index (Phi) is 4.76. The van der Waals surface area contributed by atoms with Crippen LogP contribution in [0.2, 0.25) is 4.34 Å². The molecule has 0 aliphatic carbocycles. The van der Waals surface area contributed by atoms with Gasteiger partial charge in [-0.3, -0.25) is 9.69 Å². The molecule has 1 rings (SSSR count). The first-order chi connectivity index (χ1) is 7.11. The number of halogens is 1. The lowest BCUT2D eigenvalue weighted by atomic mass is 10.3. The molecule has 15 heavy (non-hydrogen) atoms. The van der Waals surface area contributed by atoms with Crippen LogP contribution in [0.5, 0.6) is 0 Å². The summed E-state index contributed by atoms with van der Waals surface area (Å²) in [5.41, 5.74) is 0. The summed E-state index contributed by atoms with van der Waals surface area (Å²) in [6.07, 6.45) is -0.0183. The van der Waals surface area contributed by atoms with Gasteiger partial charge in [0.2, 0.25) is 0 Å². The first-order valence-electron chi connectivity index (χ1n) is 4.43. The number of ketones is 1.